The number of halogens is 3. The fraction of sp³-hybridized carbons (Fsp3) is 0.167. The van der Waals surface area contributed by atoms with Gasteiger partial charge in [-0.3, -0.25) is 9.59 Å². The first-order chi connectivity index (χ1) is 13.3. The number of nitrogens with one attached hydrogen (secondary N) is 1. The minimum Gasteiger partial charge on any atom is -0.455 e. The molecule has 0 bridgehead atoms. The van der Waals surface area contributed by atoms with Crippen molar-refractivity contribution >= 4 is 40.2 Å². The largest absolute Gasteiger partial charge is 0.455 e. The van der Waals surface area contributed by atoms with Crippen molar-refractivity contribution < 1.29 is 27.5 Å². The lowest BCUT2D eigenvalue weighted by Gasteiger charge is -2.13. The molecule has 0 atom stereocenters. The third-order valence-corrected chi connectivity index (χ3v) is 5.41. The van der Waals surface area contributed by atoms with Crippen LogP contribution in [0.15, 0.2) is 47.2 Å². The van der Waals surface area contributed by atoms with Gasteiger partial charge in [0.1, 0.15) is 5.01 Å². The van der Waals surface area contributed by atoms with Gasteiger partial charge in [0.2, 0.25) is 0 Å². The number of hydrogen-bond acceptors (Lipinski definition) is 6. The van der Waals surface area contributed by atoms with Crippen molar-refractivity contribution in [3.63, 3.8) is 0 Å². The Morgan fingerprint density at radius 1 is 1.11 bits per heavy atom. The number of para-hydroxylation sites is 1. The number of carbonyl (C=O) groups is 2. The molecule has 28 heavy (non-hydrogen) atoms. The lowest BCUT2D eigenvalue weighted by molar-refractivity contribution is -0.146. The molecule has 0 radical (unpaired) electrons. The second-order valence-electron chi connectivity index (χ2n) is 5.55. The molecule has 1 N–H and O–H groups in total. The minimum atomic E-state index is -4.61. The van der Waals surface area contributed by atoms with Gasteiger partial charge in [0, 0.05) is 5.38 Å². The van der Waals surface area contributed by atoms with Crippen LogP contribution in [0.25, 0.3) is 9.88 Å². The molecule has 0 saturated heterocycles. The van der Waals surface area contributed by atoms with E-state index in [0.717, 1.165) is 22.0 Å². The van der Waals surface area contributed by atoms with Gasteiger partial charge in [-0.1, -0.05) is 18.2 Å². The van der Waals surface area contributed by atoms with Crippen molar-refractivity contribution in [3.8, 4) is 9.88 Å². The zero-order valence-electron chi connectivity index (χ0n) is 14.2. The molecule has 0 spiro atoms. The Morgan fingerprint density at radius 2 is 1.89 bits per heavy atom. The van der Waals surface area contributed by atoms with Crippen LogP contribution in [0, 0.1) is 0 Å². The quantitative estimate of drug-likeness (QED) is 0.585. The zero-order valence-corrected chi connectivity index (χ0v) is 15.8. The molecule has 0 aliphatic heterocycles. The molecule has 0 aliphatic rings. The lowest BCUT2D eigenvalue weighted by Crippen LogP contribution is -2.23. The SMILES string of the molecule is O=C(COC(=O)Cc1csc(-c2cccs2)n1)Nc1ccccc1C(F)(F)F. The summed E-state index contributed by atoms with van der Waals surface area (Å²) in [6, 6.07) is 8.37. The predicted octanol–water partition coefficient (Wildman–Crippen LogP) is 4.61. The van der Waals surface area contributed by atoms with E-state index >= 15 is 0 Å². The monoisotopic (exact) mass is 426 g/mol. The van der Waals surface area contributed by atoms with E-state index in [0.29, 0.717) is 5.69 Å². The highest BCUT2D eigenvalue weighted by molar-refractivity contribution is 7.20. The number of nitrogens with zero attached hydrogens (tertiary/aromatic N) is 1. The van der Waals surface area contributed by atoms with E-state index in [2.05, 4.69) is 10.3 Å². The molecule has 3 rings (SSSR count). The summed E-state index contributed by atoms with van der Waals surface area (Å²) in [4.78, 5) is 29.0. The molecule has 1 aromatic carbocycles. The molecule has 0 unspecified atom stereocenters. The van der Waals surface area contributed by atoms with Gasteiger partial charge >= 0.3 is 12.1 Å². The average molecular weight is 426 g/mol. The molecule has 0 aliphatic carbocycles. The number of benzene rings is 1. The minimum absolute atomic E-state index is 0.131. The first kappa shape index (κ1) is 20.0. The van der Waals surface area contributed by atoms with Gasteiger partial charge in [0.05, 0.1) is 28.2 Å². The third kappa shape index (κ3) is 5.17. The molecule has 2 heterocycles. The molecule has 1 amide bonds. The van der Waals surface area contributed by atoms with Crippen molar-refractivity contribution in [2.24, 2.45) is 0 Å². The maximum absolute atomic E-state index is 12.9. The van der Waals surface area contributed by atoms with Crippen molar-refractivity contribution in [2.75, 3.05) is 11.9 Å². The van der Waals surface area contributed by atoms with Crippen LogP contribution in [0.5, 0.6) is 0 Å². The Labute approximate surface area is 165 Å². The topological polar surface area (TPSA) is 68.3 Å². The Morgan fingerprint density at radius 3 is 2.61 bits per heavy atom. The molecule has 10 heteroatoms. The number of alkyl halides is 3. The predicted molar refractivity (Wildman–Crippen MR) is 100 cm³/mol. The van der Waals surface area contributed by atoms with E-state index in [-0.39, 0.29) is 6.42 Å². The van der Waals surface area contributed by atoms with Gasteiger partial charge in [0.15, 0.2) is 6.61 Å². The van der Waals surface area contributed by atoms with Crippen LogP contribution in [-0.4, -0.2) is 23.5 Å². The summed E-state index contributed by atoms with van der Waals surface area (Å²) in [6.45, 7) is -0.688. The molecule has 5 nitrogen and oxygen atoms in total. The number of thiophene rings is 1. The molecular formula is C18H13F3N2O3S2. The first-order valence-electron chi connectivity index (χ1n) is 7.93. The van der Waals surface area contributed by atoms with Crippen LogP contribution in [0.3, 0.4) is 0 Å². The van der Waals surface area contributed by atoms with E-state index in [1.54, 1.807) is 5.38 Å². The van der Waals surface area contributed by atoms with Crippen LogP contribution < -0.4 is 5.32 Å². The van der Waals surface area contributed by atoms with Gasteiger partial charge in [-0.15, -0.1) is 22.7 Å². The number of aromatic nitrogens is 1. The highest BCUT2D eigenvalue weighted by Gasteiger charge is 2.33. The summed E-state index contributed by atoms with van der Waals surface area (Å²) in [6.07, 6.45) is -4.74. The highest BCUT2D eigenvalue weighted by atomic mass is 32.1. The van der Waals surface area contributed by atoms with E-state index in [1.807, 2.05) is 17.5 Å². The van der Waals surface area contributed by atoms with Gasteiger partial charge in [-0.2, -0.15) is 13.2 Å². The Hall–Kier alpha value is -2.72. The van der Waals surface area contributed by atoms with Gasteiger partial charge in [-0.05, 0) is 23.6 Å². The van der Waals surface area contributed by atoms with Gasteiger partial charge in [-0.25, -0.2) is 4.98 Å². The van der Waals surface area contributed by atoms with Crippen molar-refractivity contribution in [1.29, 1.82) is 0 Å². The number of thiazole rings is 1. The number of carbonyl (C=O) groups excluding carboxylic acids is 2. The summed E-state index contributed by atoms with van der Waals surface area (Å²) in [5.41, 5.74) is -0.865. The summed E-state index contributed by atoms with van der Waals surface area (Å²) >= 11 is 2.91. The van der Waals surface area contributed by atoms with Gasteiger partial charge in [0.25, 0.3) is 5.91 Å². The van der Waals surface area contributed by atoms with E-state index in [4.69, 9.17) is 4.74 Å². The Kier molecular flexibility index (Phi) is 6.10. The zero-order chi connectivity index (χ0) is 20.1. The number of hydrogen-bond donors (Lipinski definition) is 1. The molecule has 2 aromatic heterocycles. The third-order valence-electron chi connectivity index (χ3n) is 3.48. The Balaban J connectivity index is 1.52. The first-order valence-corrected chi connectivity index (χ1v) is 9.69. The van der Waals surface area contributed by atoms with E-state index in [9.17, 15) is 22.8 Å². The fourth-order valence-electron chi connectivity index (χ4n) is 2.27. The van der Waals surface area contributed by atoms with Crippen LogP contribution in [0.2, 0.25) is 0 Å². The molecule has 146 valence electrons. The number of ether oxygens (including phenoxy) is 1. The highest BCUT2D eigenvalue weighted by Crippen LogP contribution is 2.34. The van der Waals surface area contributed by atoms with E-state index in [1.165, 1.54) is 34.8 Å². The molecule has 0 saturated carbocycles. The summed E-state index contributed by atoms with van der Waals surface area (Å²) < 4.78 is 43.6. The van der Waals surface area contributed by atoms with Gasteiger partial charge < -0.3 is 10.1 Å². The maximum atomic E-state index is 12.9. The van der Waals surface area contributed by atoms with Crippen molar-refractivity contribution in [3.05, 3.63) is 58.4 Å². The summed E-state index contributed by atoms with van der Waals surface area (Å²) in [5.74, 6) is -1.55. The number of rotatable bonds is 6. The average Bonchev–Trinajstić information content (AvgIpc) is 3.31. The fourth-order valence-corrected chi connectivity index (χ4v) is 3.91. The number of esters is 1. The second-order valence-corrected chi connectivity index (χ2v) is 7.36. The number of amides is 1. The number of anilines is 1. The van der Waals surface area contributed by atoms with Crippen molar-refractivity contribution in [2.45, 2.75) is 12.6 Å². The maximum Gasteiger partial charge on any atom is 0.418 e. The smallest absolute Gasteiger partial charge is 0.418 e. The van der Waals surface area contributed by atoms with Crippen LogP contribution in [0.4, 0.5) is 18.9 Å². The van der Waals surface area contributed by atoms with Crippen molar-refractivity contribution in [1.82, 2.24) is 4.98 Å². The van der Waals surface area contributed by atoms with Crippen LogP contribution >= 0.6 is 22.7 Å². The molecular weight excluding hydrogens is 413 g/mol. The van der Waals surface area contributed by atoms with Crippen LogP contribution in [-0.2, 0) is 26.9 Å². The Bertz CT molecular complexity index is 969. The van der Waals surface area contributed by atoms with Crippen LogP contribution in [0.1, 0.15) is 11.3 Å². The normalized spacial score (nSPS) is 11.2. The van der Waals surface area contributed by atoms with E-state index < -0.39 is 35.9 Å². The summed E-state index contributed by atoms with van der Waals surface area (Å²) in [7, 11) is 0. The lowest BCUT2D eigenvalue weighted by atomic mass is 10.1. The summed E-state index contributed by atoms with van der Waals surface area (Å²) in [5, 5.41) is 6.52. The second kappa shape index (κ2) is 8.53. The molecule has 0 fully saturated rings. The standard InChI is InChI=1S/C18H13F3N2O3S2/c19-18(20,21)12-4-1-2-5-13(12)23-15(24)9-26-16(25)8-11-10-28-17(22-11)14-6-3-7-27-14/h1-7,10H,8-9H2,(H,23,24). The molecule has 3 aromatic rings.